The summed E-state index contributed by atoms with van der Waals surface area (Å²) in [6.07, 6.45) is 8.53. The number of H-pyrrole nitrogens is 1. The molecule has 3 heterocycles. The molecule has 0 radical (unpaired) electrons. The van der Waals surface area contributed by atoms with Gasteiger partial charge in [0.05, 0.1) is 11.8 Å². The number of hydrogen-bond acceptors (Lipinski definition) is 5. The second-order valence-corrected chi connectivity index (χ2v) is 9.00. The molecule has 0 spiro atoms. The highest BCUT2D eigenvalue weighted by atomic mass is 16.4. The Morgan fingerprint density at radius 2 is 2.09 bits per heavy atom. The van der Waals surface area contributed by atoms with Crippen LogP contribution in [0.1, 0.15) is 76.8 Å². The summed E-state index contributed by atoms with van der Waals surface area (Å²) in [5.74, 6) is 0.0735. The Balaban J connectivity index is 1.86. The van der Waals surface area contributed by atoms with E-state index < -0.39 is 0 Å². The third-order valence-electron chi connectivity index (χ3n) is 6.73. The van der Waals surface area contributed by atoms with Crippen molar-refractivity contribution < 1.29 is 4.42 Å². The first-order valence-corrected chi connectivity index (χ1v) is 11.6. The topological polar surface area (TPSA) is 112 Å². The van der Waals surface area contributed by atoms with Crippen LogP contribution in [-0.4, -0.2) is 32.8 Å². The van der Waals surface area contributed by atoms with E-state index in [1.54, 1.807) is 0 Å². The van der Waals surface area contributed by atoms with Crippen molar-refractivity contribution in [3.63, 3.8) is 0 Å². The van der Waals surface area contributed by atoms with Crippen molar-refractivity contribution in [2.45, 2.75) is 77.4 Å². The lowest BCUT2D eigenvalue weighted by Crippen LogP contribution is -2.46. The standard InChI is InChI=1S/C25H33N5O2/c1-4-5-12-21(30-15(2)8-6-9-16(30)3)17-10-7-11-20-18(17)13-19(24(31)29-20)22-14-28-25(32-22)23(26)27/h7,10-11,13-16,21H,4-6,8-9,12H2,1-3H3,(H3,26,27)(H,29,31). The van der Waals surface area contributed by atoms with Crippen molar-refractivity contribution in [3.8, 4) is 11.3 Å². The zero-order valence-electron chi connectivity index (χ0n) is 19.1. The monoisotopic (exact) mass is 435 g/mol. The Morgan fingerprint density at radius 1 is 1.34 bits per heavy atom. The van der Waals surface area contributed by atoms with E-state index in [9.17, 15) is 4.79 Å². The molecule has 0 aliphatic carbocycles. The normalized spacial score (nSPS) is 20.5. The van der Waals surface area contributed by atoms with Crippen molar-refractivity contribution in [1.82, 2.24) is 14.9 Å². The van der Waals surface area contributed by atoms with E-state index in [-0.39, 0.29) is 23.3 Å². The van der Waals surface area contributed by atoms with Crippen molar-refractivity contribution in [1.29, 1.82) is 5.41 Å². The highest BCUT2D eigenvalue weighted by Gasteiger charge is 2.32. The first kappa shape index (κ1) is 22.3. The van der Waals surface area contributed by atoms with E-state index in [4.69, 9.17) is 15.6 Å². The highest BCUT2D eigenvalue weighted by molar-refractivity contribution is 5.91. The van der Waals surface area contributed by atoms with Crippen LogP contribution < -0.4 is 11.3 Å². The summed E-state index contributed by atoms with van der Waals surface area (Å²) < 4.78 is 5.59. The summed E-state index contributed by atoms with van der Waals surface area (Å²) in [7, 11) is 0. The second-order valence-electron chi connectivity index (χ2n) is 9.00. The number of fused-ring (bicyclic) bond motifs is 1. The predicted molar refractivity (Wildman–Crippen MR) is 128 cm³/mol. The number of aromatic amines is 1. The summed E-state index contributed by atoms with van der Waals surface area (Å²) in [5.41, 5.74) is 7.70. The van der Waals surface area contributed by atoms with Crippen LogP contribution in [0.2, 0.25) is 0 Å². The second kappa shape index (κ2) is 9.28. The van der Waals surface area contributed by atoms with E-state index >= 15 is 0 Å². The molecule has 32 heavy (non-hydrogen) atoms. The van der Waals surface area contributed by atoms with Gasteiger partial charge < -0.3 is 15.1 Å². The molecule has 0 amide bonds. The van der Waals surface area contributed by atoms with Crippen molar-refractivity contribution in [3.05, 3.63) is 52.3 Å². The van der Waals surface area contributed by atoms with Crippen molar-refractivity contribution >= 4 is 16.7 Å². The van der Waals surface area contributed by atoms with Gasteiger partial charge >= 0.3 is 0 Å². The number of benzene rings is 1. The molecule has 1 aliphatic heterocycles. The van der Waals surface area contributed by atoms with Gasteiger partial charge in [-0.1, -0.05) is 38.3 Å². The maximum absolute atomic E-state index is 12.8. The van der Waals surface area contributed by atoms with E-state index in [2.05, 4.69) is 41.7 Å². The molecule has 4 N–H and O–H groups in total. The number of nitrogens with zero attached hydrogens (tertiary/aromatic N) is 2. The molecule has 170 valence electrons. The Morgan fingerprint density at radius 3 is 2.75 bits per heavy atom. The number of nitrogen functional groups attached to an aromatic ring is 1. The maximum Gasteiger partial charge on any atom is 0.262 e. The first-order chi connectivity index (χ1) is 15.4. The number of rotatable bonds is 7. The molecule has 7 heteroatoms. The number of nitrogens with two attached hydrogens (primary N) is 1. The molecule has 1 aromatic carbocycles. The lowest BCUT2D eigenvalue weighted by atomic mass is 9.88. The van der Waals surface area contributed by atoms with E-state index in [1.165, 1.54) is 31.0 Å². The summed E-state index contributed by atoms with van der Waals surface area (Å²) in [4.78, 5) is 22.6. The lowest BCUT2D eigenvalue weighted by molar-refractivity contribution is 0.0496. The molecule has 7 nitrogen and oxygen atoms in total. The lowest BCUT2D eigenvalue weighted by Gasteiger charge is -2.45. The van der Waals surface area contributed by atoms with Crippen LogP contribution in [0, 0.1) is 5.41 Å². The number of oxazole rings is 1. The number of nitrogens with one attached hydrogen (secondary N) is 2. The van der Waals surface area contributed by atoms with Gasteiger partial charge in [-0.2, -0.15) is 0 Å². The fourth-order valence-electron chi connectivity index (χ4n) is 5.17. The molecule has 3 atom stereocenters. The number of aromatic nitrogens is 2. The van der Waals surface area contributed by atoms with Gasteiger partial charge in [0.15, 0.2) is 11.6 Å². The largest absolute Gasteiger partial charge is 0.433 e. The zero-order chi connectivity index (χ0) is 22.8. The average molecular weight is 436 g/mol. The van der Waals surface area contributed by atoms with Gasteiger partial charge in [-0.3, -0.25) is 15.1 Å². The average Bonchev–Trinajstić information content (AvgIpc) is 3.25. The minimum absolute atomic E-state index is 0.0181. The van der Waals surface area contributed by atoms with Gasteiger partial charge in [0.2, 0.25) is 0 Å². The molecule has 1 saturated heterocycles. The number of pyridine rings is 1. The van der Waals surface area contributed by atoms with Gasteiger partial charge in [0.25, 0.3) is 11.4 Å². The number of likely N-dealkylation sites (tertiary alicyclic amines) is 1. The van der Waals surface area contributed by atoms with Crippen LogP contribution in [-0.2, 0) is 0 Å². The van der Waals surface area contributed by atoms with Crippen LogP contribution in [0.3, 0.4) is 0 Å². The Hall–Kier alpha value is -2.93. The van der Waals surface area contributed by atoms with Gasteiger partial charge in [-0.05, 0) is 50.8 Å². The summed E-state index contributed by atoms with van der Waals surface area (Å²) in [6, 6.07) is 9.41. The van der Waals surface area contributed by atoms with Crippen LogP contribution >= 0.6 is 0 Å². The Labute approximate surface area is 188 Å². The quantitative estimate of drug-likeness (QED) is 0.359. The molecule has 3 aromatic rings. The highest BCUT2D eigenvalue weighted by Crippen LogP contribution is 2.38. The number of hydrogen-bond donors (Lipinski definition) is 3. The summed E-state index contributed by atoms with van der Waals surface area (Å²) in [5, 5.41) is 8.55. The summed E-state index contributed by atoms with van der Waals surface area (Å²) >= 11 is 0. The van der Waals surface area contributed by atoms with Crippen LogP contribution in [0.5, 0.6) is 0 Å². The zero-order valence-corrected chi connectivity index (χ0v) is 19.1. The molecular formula is C25H33N5O2. The van der Waals surface area contributed by atoms with E-state index in [0.29, 0.717) is 23.4 Å². The minimum Gasteiger partial charge on any atom is -0.433 e. The molecule has 4 rings (SSSR count). The number of amidine groups is 1. The van der Waals surface area contributed by atoms with Gasteiger partial charge in [-0.25, -0.2) is 4.98 Å². The predicted octanol–water partition coefficient (Wildman–Crippen LogP) is 4.96. The van der Waals surface area contributed by atoms with Gasteiger partial charge in [-0.15, -0.1) is 0 Å². The number of piperidine rings is 1. The molecule has 0 bridgehead atoms. The minimum atomic E-state index is -0.262. The summed E-state index contributed by atoms with van der Waals surface area (Å²) in [6.45, 7) is 6.91. The molecule has 0 saturated carbocycles. The molecule has 1 aliphatic rings. The maximum atomic E-state index is 12.8. The molecule has 3 unspecified atom stereocenters. The Bertz CT molecular complexity index is 1150. The third kappa shape index (κ3) is 4.21. The molecular weight excluding hydrogens is 402 g/mol. The van der Waals surface area contributed by atoms with E-state index in [0.717, 1.165) is 30.2 Å². The fraction of sp³-hybridized carbons (Fsp3) is 0.480. The van der Waals surface area contributed by atoms with Crippen LogP contribution in [0.4, 0.5) is 0 Å². The van der Waals surface area contributed by atoms with Crippen LogP contribution in [0.15, 0.2) is 39.7 Å². The molecule has 2 aromatic heterocycles. The first-order valence-electron chi connectivity index (χ1n) is 11.6. The number of unbranched alkanes of at least 4 members (excludes halogenated alkanes) is 1. The van der Waals surface area contributed by atoms with Gasteiger partial charge in [0.1, 0.15) is 0 Å². The molecule has 1 fully saturated rings. The van der Waals surface area contributed by atoms with E-state index in [1.807, 2.05) is 18.2 Å². The SMILES string of the molecule is CCCCC(c1cccc2[nH]c(=O)c(-c3cnc(C(=N)N)o3)cc12)N1C(C)CCCC1C. The fourth-order valence-corrected chi connectivity index (χ4v) is 5.17. The van der Waals surface area contributed by atoms with Gasteiger partial charge in [0, 0.05) is 29.0 Å². The van der Waals surface area contributed by atoms with Crippen molar-refractivity contribution in [2.75, 3.05) is 0 Å². The smallest absolute Gasteiger partial charge is 0.262 e. The van der Waals surface area contributed by atoms with Crippen molar-refractivity contribution in [2.24, 2.45) is 5.73 Å². The third-order valence-corrected chi connectivity index (χ3v) is 6.73. The van der Waals surface area contributed by atoms with Crippen LogP contribution in [0.25, 0.3) is 22.2 Å². The Kier molecular flexibility index (Phi) is 6.46.